The van der Waals surface area contributed by atoms with Gasteiger partial charge < -0.3 is 23.9 Å². The summed E-state index contributed by atoms with van der Waals surface area (Å²) in [6.45, 7) is 0. The van der Waals surface area contributed by atoms with Crippen LogP contribution < -0.4 is 19.5 Å². The first-order valence-electron chi connectivity index (χ1n) is 10.6. The molecule has 0 fully saturated rings. The van der Waals surface area contributed by atoms with E-state index in [4.69, 9.17) is 18.6 Å². The third-order valence-electron chi connectivity index (χ3n) is 5.59. The van der Waals surface area contributed by atoms with Crippen molar-refractivity contribution in [2.24, 2.45) is 0 Å². The fraction of sp³-hybridized carbons (Fsp3) is 0.111. The highest BCUT2D eigenvalue weighted by atomic mass is 16.5. The zero-order chi connectivity index (χ0) is 23.7. The lowest BCUT2D eigenvalue weighted by Gasteiger charge is -2.11. The van der Waals surface area contributed by atoms with Crippen molar-refractivity contribution in [3.8, 4) is 28.7 Å². The summed E-state index contributed by atoms with van der Waals surface area (Å²) in [5.74, 6) is 1.88. The molecule has 0 spiro atoms. The van der Waals surface area contributed by atoms with E-state index in [-0.39, 0.29) is 5.91 Å². The Bertz CT molecular complexity index is 1520. The van der Waals surface area contributed by atoms with Gasteiger partial charge in [-0.25, -0.2) is 4.98 Å². The van der Waals surface area contributed by atoms with Crippen LogP contribution in [0.25, 0.3) is 33.3 Å². The van der Waals surface area contributed by atoms with Crippen LogP contribution in [0, 0.1) is 0 Å². The Morgan fingerprint density at radius 1 is 0.794 bits per heavy atom. The second kappa shape index (κ2) is 8.78. The first kappa shape index (κ1) is 21.3. The number of hydrogen-bond acceptors (Lipinski definition) is 6. The summed E-state index contributed by atoms with van der Waals surface area (Å²) >= 11 is 0. The van der Waals surface area contributed by atoms with Gasteiger partial charge in [-0.2, -0.15) is 0 Å². The molecule has 0 atom stereocenters. The highest BCUT2D eigenvalue weighted by Gasteiger charge is 2.16. The monoisotopic (exact) mass is 454 g/mol. The Balaban J connectivity index is 1.44. The maximum Gasteiger partial charge on any atom is 0.259 e. The molecule has 0 aliphatic rings. The molecule has 0 unspecified atom stereocenters. The topological polar surface area (TPSA) is 82.8 Å². The third kappa shape index (κ3) is 3.88. The molecule has 34 heavy (non-hydrogen) atoms. The van der Waals surface area contributed by atoms with Gasteiger partial charge in [0, 0.05) is 11.3 Å². The van der Waals surface area contributed by atoms with Gasteiger partial charge in [-0.3, -0.25) is 4.79 Å². The number of methoxy groups -OCH3 is 3. The summed E-state index contributed by atoms with van der Waals surface area (Å²) in [5.41, 5.74) is 3.02. The van der Waals surface area contributed by atoms with Gasteiger partial charge >= 0.3 is 0 Å². The number of carbonyl (C=O) groups is 1. The smallest absolute Gasteiger partial charge is 0.259 e. The number of nitrogens with zero attached hydrogens (tertiary/aromatic N) is 1. The highest BCUT2D eigenvalue weighted by molar-refractivity contribution is 6.09. The number of fused-ring (bicyclic) bond motifs is 2. The van der Waals surface area contributed by atoms with E-state index in [1.54, 1.807) is 51.7 Å². The molecule has 5 rings (SSSR count). The van der Waals surface area contributed by atoms with Gasteiger partial charge in [0.15, 0.2) is 17.1 Å². The number of aromatic nitrogens is 1. The Morgan fingerprint density at radius 2 is 1.53 bits per heavy atom. The normalized spacial score (nSPS) is 10.9. The van der Waals surface area contributed by atoms with Crippen molar-refractivity contribution in [2.45, 2.75) is 0 Å². The van der Waals surface area contributed by atoms with Crippen LogP contribution in [-0.4, -0.2) is 32.2 Å². The minimum Gasteiger partial charge on any atom is -0.496 e. The van der Waals surface area contributed by atoms with Crippen molar-refractivity contribution in [1.29, 1.82) is 0 Å². The van der Waals surface area contributed by atoms with Crippen LogP contribution in [0.5, 0.6) is 17.2 Å². The molecule has 1 amide bonds. The Hall–Kier alpha value is -4.52. The lowest BCUT2D eigenvalue weighted by molar-refractivity contribution is 0.102. The van der Waals surface area contributed by atoms with Crippen molar-refractivity contribution in [3.05, 3.63) is 78.4 Å². The second-order valence-electron chi connectivity index (χ2n) is 7.63. The summed E-state index contributed by atoms with van der Waals surface area (Å²) < 4.78 is 22.0. The van der Waals surface area contributed by atoms with Gasteiger partial charge in [0.25, 0.3) is 5.91 Å². The Kier molecular flexibility index (Phi) is 5.51. The Labute approximate surface area is 195 Å². The summed E-state index contributed by atoms with van der Waals surface area (Å²) in [5, 5.41) is 4.90. The quantitative estimate of drug-likeness (QED) is 0.343. The number of ether oxygens (including phenoxy) is 3. The van der Waals surface area contributed by atoms with E-state index < -0.39 is 0 Å². The first-order chi connectivity index (χ1) is 16.6. The van der Waals surface area contributed by atoms with Crippen molar-refractivity contribution < 1.29 is 23.4 Å². The predicted molar refractivity (Wildman–Crippen MR) is 131 cm³/mol. The molecule has 0 radical (unpaired) electrons. The van der Waals surface area contributed by atoms with Crippen LogP contribution in [0.3, 0.4) is 0 Å². The lowest BCUT2D eigenvalue weighted by Crippen LogP contribution is -2.13. The molecule has 5 aromatic rings. The van der Waals surface area contributed by atoms with Crippen LogP contribution in [0.15, 0.2) is 77.2 Å². The molecular weight excluding hydrogens is 432 g/mol. The van der Waals surface area contributed by atoms with E-state index in [2.05, 4.69) is 10.3 Å². The van der Waals surface area contributed by atoms with Crippen molar-refractivity contribution in [2.75, 3.05) is 26.6 Å². The molecule has 0 aliphatic carbocycles. The molecule has 1 heterocycles. The minimum atomic E-state index is -0.273. The Morgan fingerprint density at radius 3 is 2.26 bits per heavy atom. The molecule has 0 aliphatic heterocycles. The minimum absolute atomic E-state index is 0.273. The van der Waals surface area contributed by atoms with Gasteiger partial charge in [-0.15, -0.1) is 0 Å². The van der Waals surface area contributed by atoms with Gasteiger partial charge in [-0.05, 0) is 59.3 Å². The van der Waals surface area contributed by atoms with Gasteiger partial charge in [0.2, 0.25) is 5.89 Å². The molecule has 1 aromatic heterocycles. The van der Waals surface area contributed by atoms with E-state index in [0.717, 1.165) is 16.3 Å². The van der Waals surface area contributed by atoms with Crippen LogP contribution in [0.1, 0.15) is 10.4 Å². The van der Waals surface area contributed by atoms with Crippen molar-refractivity contribution >= 4 is 33.5 Å². The summed E-state index contributed by atoms with van der Waals surface area (Å²) in [4.78, 5) is 17.7. The number of nitrogens with one attached hydrogen (secondary N) is 1. The van der Waals surface area contributed by atoms with E-state index in [0.29, 0.717) is 45.5 Å². The number of oxazole rings is 1. The van der Waals surface area contributed by atoms with E-state index in [9.17, 15) is 4.79 Å². The number of benzene rings is 4. The molecule has 0 bridgehead atoms. The molecule has 7 heteroatoms. The average Bonchev–Trinajstić information content (AvgIpc) is 3.30. The SMILES string of the molecule is COc1ccc(-c2nc3cc(NC(=O)c4cc5ccccc5cc4OC)ccc3o2)cc1OC. The van der Waals surface area contributed by atoms with Gasteiger partial charge in [-0.1, -0.05) is 24.3 Å². The van der Waals surface area contributed by atoms with Crippen LogP contribution in [0.4, 0.5) is 5.69 Å². The number of anilines is 1. The van der Waals surface area contributed by atoms with Gasteiger partial charge in [0.05, 0.1) is 26.9 Å². The molecule has 7 nitrogen and oxygen atoms in total. The summed E-state index contributed by atoms with van der Waals surface area (Å²) in [7, 11) is 4.71. The van der Waals surface area contributed by atoms with Crippen molar-refractivity contribution in [1.82, 2.24) is 4.98 Å². The number of hydrogen-bond donors (Lipinski definition) is 1. The standard InChI is InChI=1S/C27H22N2O5/c1-31-23-10-8-18(14-25(23)33-3)27-29-21-15-19(9-11-22(21)34-27)28-26(30)20-12-16-6-4-5-7-17(16)13-24(20)32-2/h4-15H,1-3H3,(H,28,30). The number of rotatable bonds is 6. The van der Waals surface area contributed by atoms with E-state index in [1.165, 1.54) is 0 Å². The zero-order valence-corrected chi connectivity index (χ0v) is 18.9. The lowest BCUT2D eigenvalue weighted by atomic mass is 10.1. The van der Waals surface area contributed by atoms with Crippen LogP contribution in [-0.2, 0) is 0 Å². The van der Waals surface area contributed by atoms with E-state index >= 15 is 0 Å². The van der Waals surface area contributed by atoms with E-state index in [1.807, 2.05) is 42.5 Å². The predicted octanol–water partition coefficient (Wildman–Crippen LogP) is 5.93. The molecule has 170 valence electrons. The average molecular weight is 454 g/mol. The van der Waals surface area contributed by atoms with Crippen LogP contribution >= 0.6 is 0 Å². The highest BCUT2D eigenvalue weighted by Crippen LogP contribution is 2.34. The number of carbonyl (C=O) groups excluding carboxylic acids is 1. The largest absolute Gasteiger partial charge is 0.496 e. The fourth-order valence-electron chi connectivity index (χ4n) is 3.86. The maximum absolute atomic E-state index is 13.1. The van der Waals surface area contributed by atoms with Crippen LogP contribution in [0.2, 0.25) is 0 Å². The van der Waals surface area contributed by atoms with Crippen molar-refractivity contribution in [3.63, 3.8) is 0 Å². The second-order valence-corrected chi connectivity index (χ2v) is 7.63. The molecule has 4 aromatic carbocycles. The third-order valence-corrected chi connectivity index (χ3v) is 5.59. The van der Waals surface area contributed by atoms with Gasteiger partial charge in [0.1, 0.15) is 11.3 Å². The number of amides is 1. The maximum atomic E-state index is 13.1. The summed E-state index contributed by atoms with van der Waals surface area (Å²) in [6.07, 6.45) is 0. The summed E-state index contributed by atoms with van der Waals surface area (Å²) in [6, 6.07) is 22.3. The molecule has 0 saturated carbocycles. The molecule has 1 N–H and O–H groups in total. The fourth-order valence-corrected chi connectivity index (χ4v) is 3.86. The first-order valence-corrected chi connectivity index (χ1v) is 10.6. The zero-order valence-electron chi connectivity index (χ0n) is 18.9. The molecular formula is C27H22N2O5. The molecule has 0 saturated heterocycles.